The van der Waals surface area contributed by atoms with Crippen molar-refractivity contribution in [3.05, 3.63) is 35.2 Å². The van der Waals surface area contributed by atoms with E-state index in [4.69, 9.17) is 4.74 Å². The maximum absolute atomic E-state index is 12.2. The molecular weight excluding hydrogens is 367 g/mol. The normalized spacial score (nSPS) is 20.7. The van der Waals surface area contributed by atoms with Crippen LogP contribution in [0.2, 0.25) is 0 Å². The van der Waals surface area contributed by atoms with Gasteiger partial charge in [-0.15, -0.1) is 11.3 Å². The molecule has 0 aromatic carbocycles. The number of alkyl halides is 3. The summed E-state index contributed by atoms with van der Waals surface area (Å²) in [7, 11) is 1.94. The molecule has 0 bridgehead atoms. The third kappa shape index (κ3) is 4.78. The number of carbonyl (C=O) groups is 1. The van der Waals surface area contributed by atoms with E-state index >= 15 is 0 Å². The van der Waals surface area contributed by atoms with Crippen LogP contribution in [-0.2, 0) is 11.8 Å². The summed E-state index contributed by atoms with van der Waals surface area (Å²) in [6, 6.07) is 2.89. The molecule has 2 aromatic rings. The van der Waals surface area contributed by atoms with Crippen LogP contribution in [-0.4, -0.2) is 28.2 Å². The Morgan fingerprint density at radius 3 is 2.92 bits per heavy atom. The van der Waals surface area contributed by atoms with Crippen LogP contribution >= 0.6 is 11.3 Å². The molecule has 0 saturated heterocycles. The van der Waals surface area contributed by atoms with Crippen LogP contribution in [0.4, 0.5) is 13.2 Å². The predicted octanol–water partition coefficient (Wildman–Crippen LogP) is 3.79. The summed E-state index contributed by atoms with van der Waals surface area (Å²) >= 11 is 1.11. The number of aryl methyl sites for hydroxylation is 1. The summed E-state index contributed by atoms with van der Waals surface area (Å²) < 4.78 is 43.2. The van der Waals surface area contributed by atoms with Gasteiger partial charge in [0.2, 0.25) is 5.91 Å². The molecule has 5 nitrogen and oxygen atoms in total. The monoisotopic (exact) mass is 387 g/mol. The van der Waals surface area contributed by atoms with Gasteiger partial charge < -0.3 is 14.6 Å². The minimum Gasteiger partial charge on any atom is -0.475 e. The Bertz CT molecular complexity index is 771. The van der Waals surface area contributed by atoms with E-state index in [2.05, 4.69) is 10.3 Å². The van der Waals surface area contributed by atoms with E-state index in [1.807, 2.05) is 17.8 Å². The molecular formula is C17H20F3N3O2S. The molecule has 1 aliphatic rings. The summed E-state index contributed by atoms with van der Waals surface area (Å²) in [4.78, 5) is 17.3. The summed E-state index contributed by atoms with van der Waals surface area (Å²) in [6.45, 7) is 0.490. The Labute approximate surface area is 153 Å². The number of thiophene rings is 1. The number of ether oxygens (including phenoxy) is 1. The maximum atomic E-state index is 12.2. The molecule has 0 radical (unpaired) electrons. The van der Waals surface area contributed by atoms with Gasteiger partial charge in [-0.25, -0.2) is 4.98 Å². The zero-order chi connectivity index (χ0) is 18.9. The summed E-state index contributed by atoms with van der Waals surface area (Å²) in [5.41, 5.74) is 0. The van der Waals surface area contributed by atoms with Crippen LogP contribution in [0, 0.1) is 5.92 Å². The highest BCUT2D eigenvalue weighted by molar-refractivity contribution is 7.13. The number of imidazole rings is 1. The van der Waals surface area contributed by atoms with Crippen molar-refractivity contribution in [1.29, 1.82) is 0 Å². The van der Waals surface area contributed by atoms with E-state index in [0.29, 0.717) is 12.3 Å². The maximum Gasteiger partial charge on any atom is 0.422 e. The highest BCUT2D eigenvalue weighted by Gasteiger charge is 2.42. The van der Waals surface area contributed by atoms with E-state index in [1.165, 1.54) is 6.07 Å². The highest BCUT2D eigenvalue weighted by atomic mass is 32.1. The van der Waals surface area contributed by atoms with Gasteiger partial charge in [-0.2, -0.15) is 13.2 Å². The zero-order valence-corrected chi connectivity index (χ0v) is 15.2. The molecule has 1 N–H and O–H groups in total. The lowest BCUT2D eigenvalue weighted by Gasteiger charge is -2.12. The van der Waals surface area contributed by atoms with Gasteiger partial charge in [-0.1, -0.05) is 0 Å². The van der Waals surface area contributed by atoms with E-state index in [9.17, 15) is 18.0 Å². The van der Waals surface area contributed by atoms with Crippen LogP contribution in [0.1, 0.15) is 42.4 Å². The van der Waals surface area contributed by atoms with Gasteiger partial charge in [0.05, 0.1) is 6.04 Å². The fourth-order valence-corrected chi connectivity index (χ4v) is 3.79. The van der Waals surface area contributed by atoms with Gasteiger partial charge >= 0.3 is 6.18 Å². The van der Waals surface area contributed by atoms with Crippen molar-refractivity contribution in [3.8, 4) is 5.06 Å². The SMILES string of the molecule is C[C@@H](NC(=O)C[C@@H]1C[C@@H]1c1nccn1C)c1ccc(OCC(F)(F)F)s1. The first-order chi connectivity index (χ1) is 12.2. The Balaban J connectivity index is 1.46. The number of nitrogens with zero attached hydrogens (tertiary/aromatic N) is 2. The van der Waals surface area contributed by atoms with Crippen LogP contribution in [0.3, 0.4) is 0 Å². The van der Waals surface area contributed by atoms with Crippen molar-refractivity contribution in [2.24, 2.45) is 13.0 Å². The Morgan fingerprint density at radius 1 is 1.50 bits per heavy atom. The third-order valence-corrected chi connectivity index (χ3v) is 5.53. The second kappa shape index (κ2) is 7.30. The summed E-state index contributed by atoms with van der Waals surface area (Å²) in [6.07, 6.45) is 0.647. The number of halogens is 3. The number of amides is 1. The Hall–Kier alpha value is -2.03. The average molecular weight is 387 g/mol. The van der Waals surface area contributed by atoms with Crippen molar-refractivity contribution < 1.29 is 22.7 Å². The summed E-state index contributed by atoms with van der Waals surface area (Å²) in [5.74, 6) is 1.54. The largest absolute Gasteiger partial charge is 0.475 e. The number of aromatic nitrogens is 2. The molecule has 0 unspecified atom stereocenters. The number of nitrogens with one attached hydrogen (secondary N) is 1. The first-order valence-corrected chi connectivity index (χ1v) is 9.10. The molecule has 0 spiro atoms. The van der Waals surface area contributed by atoms with E-state index < -0.39 is 12.8 Å². The molecule has 0 aliphatic heterocycles. The molecule has 9 heteroatoms. The van der Waals surface area contributed by atoms with Gasteiger partial charge in [0, 0.05) is 36.7 Å². The molecule has 1 amide bonds. The van der Waals surface area contributed by atoms with Crippen LogP contribution in [0.25, 0.3) is 0 Å². The number of hydrogen-bond acceptors (Lipinski definition) is 4. The van der Waals surface area contributed by atoms with Crippen molar-refractivity contribution >= 4 is 17.2 Å². The van der Waals surface area contributed by atoms with Crippen molar-refractivity contribution in [1.82, 2.24) is 14.9 Å². The highest BCUT2D eigenvalue weighted by Crippen LogP contribution is 2.48. The lowest BCUT2D eigenvalue weighted by molar-refractivity contribution is -0.152. The fraction of sp³-hybridized carbons (Fsp3) is 0.529. The fourth-order valence-electron chi connectivity index (χ4n) is 2.93. The van der Waals surface area contributed by atoms with E-state index in [1.54, 1.807) is 19.2 Å². The summed E-state index contributed by atoms with van der Waals surface area (Å²) in [5, 5.41) is 3.09. The molecule has 1 fully saturated rings. The topological polar surface area (TPSA) is 56.2 Å². The average Bonchev–Trinajstić information content (AvgIpc) is 2.97. The second-order valence-electron chi connectivity index (χ2n) is 6.55. The van der Waals surface area contributed by atoms with Crippen molar-refractivity contribution in [2.75, 3.05) is 6.61 Å². The molecule has 2 aromatic heterocycles. The first kappa shape index (κ1) is 18.8. The Kier molecular flexibility index (Phi) is 5.27. The Morgan fingerprint density at radius 2 is 2.27 bits per heavy atom. The van der Waals surface area contributed by atoms with Gasteiger partial charge in [-0.05, 0) is 31.4 Å². The first-order valence-electron chi connectivity index (χ1n) is 8.29. The van der Waals surface area contributed by atoms with E-state index in [-0.39, 0.29) is 22.9 Å². The third-order valence-electron chi connectivity index (χ3n) is 4.34. The number of hydrogen-bond donors (Lipinski definition) is 1. The number of rotatable bonds is 7. The molecule has 1 aliphatic carbocycles. The van der Waals surface area contributed by atoms with Crippen LogP contribution in [0.15, 0.2) is 24.5 Å². The lowest BCUT2D eigenvalue weighted by Crippen LogP contribution is -2.26. The van der Waals surface area contributed by atoms with Crippen LogP contribution in [0.5, 0.6) is 5.06 Å². The zero-order valence-electron chi connectivity index (χ0n) is 14.4. The molecule has 3 atom stereocenters. The van der Waals surface area contributed by atoms with Crippen molar-refractivity contribution in [2.45, 2.75) is 37.9 Å². The second-order valence-corrected chi connectivity index (χ2v) is 7.63. The standard InChI is InChI=1S/C17H20F3N3O2S/c1-10(13-3-4-15(26-13)25-9-17(18,19)20)22-14(24)8-11-7-12(11)16-21-5-6-23(16)2/h3-6,10-12H,7-9H2,1-2H3,(H,22,24)/t10-,11+,12+/m1/s1. The smallest absolute Gasteiger partial charge is 0.422 e. The minimum absolute atomic E-state index is 0.0645. The molecule has 3 rings (SSSR count). The molecule has 2 heterocycles. The number of carbonyl (C=O) groups excluding carboxylic acids is 1. The van der Waals surface area contributed by atoms with Gasteiger partial charge in [0.15, 0.2) is 11.7 Å². The molecule has 26 heavy (non-hydrogen) atoms. The lowest BCUT2D eigenvalue weighted by atomic mass is 10.2. The van der Waals surface area contributed by atoms with Gasteiger partial charge in [-0.3, -0.25) is 4.79 Å². The molecule has 1 saturated carbocycles. The van der Waals surface area contributed by atoms with Crippen molar-refractivity contribution in [3.63, 3.8) is 0 Å². The molecule has 142 valence electrons. The predicted molar refractivity (Wildman–Crippen MR) is 91.1 cm³/mol. The van der Waals surface area contributed by atoms with Gasteiger partial charge in [0.25, 0.3) is 0 Å². The quantitative estimate of drug-likeness (QED) is 0.786. The van der Waals surface area contributed by atoms with Gasteiger partial charge in [0.1, 0.15) is 5.82 Å². The van der Waals surface area contributed by atoms with E-state index in [0.717, 1.165) is 28.5 Å². The van der Waals surface area contributed by atoms with Crippen LogP contribution < -0.4 is 10.1 Å². The minimum atomic E-state index is -4.36.